The topological polar surface area (TPSA) is 3.24 Å². The fourth-order valence-electron chi connectivity index (χ4n) is 7.54. The van der Waals surface area contributed by atoms with Crippen LogP contribution in [0.4, 0.5) is 17.1 Å². The maximum absolute atomic E-state index is 2.39. The van der Waals surface area contributed by atoms with Crippen LogP contribution in [0.15, 0.2) is 200 Å². The van der Waals surface area contributed by atoms with Crippen molar-refractivity contribution in [3.8, 4) is 33.4 Å². The third-order valence-corrected chi connectivity index (χ3v) is 11.3. The Balaban J connectivity index is 1.07. The number of thiophene rings is 1. The average Bonchev–Trinajstić information content (AvgIpc) is 3.59. The van der Waals surface area contributed by atoms with E-state index in [-0.39, 0.29) is 0 Å². The fraction of sp³-hybridized carbons (Fsp3) is 0. The van der Waals surface area contributed by atoms with Crippen molar-refractivity contribution in [2.45, 2.75) is 0 Å². The van der Waals surface area contributed by atoms with Crippen molar-refractivity contribution >= 4 is 70.1 Å². The molecule has 0 radical (unpaired) electrons. The van der Waals surface area contributed by atoms with Gasteiger partial charge >= 0.3 is 0 Å². The van der Waals surface area contributed by atoms with Gasteiger partial charge in [0.25, 0.3) is 0 Å². The van der Waals surface area contributed by atoms with Crippen molar-refractivity contribution in [3.63, 3.8) is 0 Å². The standard InChI is InChI=1S/C50H33NS/c1-3-11-37-29-42(21-19-34(37)9-1)36-23-25-44(26-24-36)51(46-27-28-48-47-17-5-6-18-49(47)52-50(48)33-46)45-16-8-15-41(32-45)39-13-7-14-40(31-39)43-22-20-35-10-2-4-12-38(35)30-43/h1-33H. The first-order valence-corrected chi connectivity index (χ1v) is 18.6. The van der Waals surface area contributed by atoms with Crippen LogP contribution in [-0.2, 0) is 0 Å². The molecule has 2 heteroatoms. The zero-order chi connectivity index (χ0) is 34.4. The van der Waals surface area contributed by atoms with E-state index < -0.39 is 0 Å². The molecule has 10 rings (SSSR count). The molecule has 0 atom stereocenters. The lowest BCUT2D eigenvalue weighted by atomic mass is 9.97. The Hall–Kier alpha value is -6.48. The summed E-state index contributed by atoms with van der Waals surface area (Å²) in [4.78, 5) is 2.39. The number of anilines is 3. The minimum absolute atomic E-state index is 1.12. The third kappa shape index (κ3) is 5.51. The molecule has 0 N–H and O–H groups in total. The van der Waals surface area contributed by atoms with Crippen LogP contribution in [0.2, 0.25) is 0 Å². The molecule has 0 aliphatic rings. The number of nitrogens with zero attached hydrogens (tertiary/aromatic N) is 1. The molecule has 52 heavy (non-hydrogen) atoms. The molecule has 0 saturated carbocycles. The van der Waals surface area contributed by atoms with E-state index in [1.165, 1.54) is 75.1 Å². The Labute approximate surface area is 307 Å². The molecule has 0 amide bonds. The van der Waals surface area contributed by atoms with Gasteiger partial charge in [0.2, 0.25) is 0 Å². The Morgan fingerprint density at radius 2 is 0.769 bits per heavy atom. The zero-order valence-electron chi connectivity index (χ0n) is 28.4. The molecule has 0 unspecified atom stereocenters. The van der Waals surface area contributed by atoms with Crippen molar-refractivity contribution in [2.75, 3.05) is 4.90 Å². The van der Waals surface area contributed by atoms with E-state index in [9.17, 15) is 0 Å². The van der Waals surface area contributed by atoms with Crippen LogP contribution in [0.3, 0.4) is 0 Å². The van der Waals surface area contributed by atoms with Crippen LogP contribution in [-0.4, -0.2) is 0 Å². The van der Waals surface area contributed by atoms with Gasteiger partial charge in [-0.05, 0) is 116 Å². The smallest absolute Gasteiger partial charge is 0.0476 e. The van der Waals surface area contributed by atoms with Gasteiger partial charge in [-0.25, -0.2) is 0 Å². The SMILES string of the molecule is c1cc(-c2cccc(N(c3ccc(-c4ccc5ccccc5c4)cc3)c3ccc4c(c3)sc3ccccc34)c2)cc(-c2ccc3ccccc3c2)c1. The van der Waals surface area contributed by atoms with Crippen LogP contribution >= 0.6 is 11.3 Å². The summed E-state index contributed by atoms with van der Waals surface area (Å²) in [5.41, 5.74) is 10.6. The minimum Gasteiger partial charge on any atom is -0.310 e. The first-order valence-electron chi connectivity index (χ1n) is 17.7. The van der Waals surface area contributed by atoms with E-state index in [1.54, 1.807) is 0 Å². The molecule has 0 aliphatic carbocycles. The van der Waals surface area contributed by atoms with Crippen molar-refractivity contribution in [3.05, 3.63) is 200 Å². The highest BCUT2D eigenvalue weighted by molar-refractivity contribution is 7.25. The number of hydrogen-bond donors (Lipinski definition) is 0. The Bertz CT molecular complexity index is 2920. The molecule has 1 aromatic heterocycles. The predicted molar refractivity (Wildman–Crippen MR) is 225 cm³/mol. The molecule has 1 nitrogen and oxygen atoms in total. The second kappa shape index (κ2) is 12.7. The molecule has 0 spiro atoms. The Kier molecular flexibility index (Phi) is 7.41. The second-order valence-corrected chi connectivity index (χ2v) is 14.5. The Morgan fingerprint density at radius 3 is 1.48 bits per heavy atom. The van der Waals surface area contributed by atoms with Gasteiger partial charge in [0.05, 0.1) is 0 Å². The molecule has 0 fully saturated rings. The minimum atomic E-state index is 1.12. The van der Waals surface area contributed by atoms with Gasteiger partial charge < -0.3 is 4.90 Å². The van der Waals surface area contributed by atoms with Crippen molar-refractivity contribution < 1.29 is 0 Å². The summed E-state index contributed by atoms with van der Waals surface area (Å²) in [5, 5.41) is 7.64. The van der Waals surface area contributed by atoms with E-state index in [2.05, 4.69) is 205 Å². The fourth-order valence-corrected chi connectivity index (χ4v) is 8.68. The summed E-state index contributed by atoms with van der Waals surface area (Å²) < 4.78 is 2.60. The lowest BCUT2D eigenvalue weighted by Crippen LogP contribution is -2.09. The first kappa shape index (κ1) is 30.4. The lowest BCUT2D eigenvalue weighted by Gasteiger charge is -2.26. The number of fused-ring (bicyclic) bond motifs is 5. The van der Waals surface area contributed by atoms with Gasteiger partial charge in [-0.1, -0.05) is 140 Å². The summed E-state index contributed by atoms with van der Waals surface area (Å²) in [6.45, 7) is 0. The van der Waals surface area contributed by atoms with Crippen molar-refractivity contribution in [1.82, 2.24) is 0 Å². The molecular formula is C50H33NS. The van der Waals surface area contributed by atoms with Gasteiger partial charge in [0, 0.05) is 37.2 Å². The number of rotatable bonds is 6. The van der Waals surface area contributed by atoms with Gasteiger partial charge in [-0.15, -0.1) is 11.3 Å². The number of hydrogen-bond acceptors (Lipinski definition) is 2. The summed E-state index contributed by atoms with van der Waals surface area (Å²) in [6.07, 6.45) is 0. The van der Waals surface area contributed by atoms with E-state index in [0.717, 1.165) is 17.1 Å². The summed E-state index contributed by atoms with van der Waals surface area (Å²) in [6, 6.07) is 73.1. The highest BCUT2D eigenvalue weighted by Gasteiger charge is 2.16. The van der Waals surface area contributed by atoms with Crippen molar-refractivity contribution in [1.29, 1.82) is 0 Å². The predicted octanol–water partition coefficient (Wildman–Crippen LogP) is 14.8. The summed E-state index contributed by atoms with van der Waals surface area (Å²) in [7, 11) is 0. The van der Waals surface area contributed by atoms with Gasteiger partial charge in [0.1, 0.15) is 0 Å². The lowest BCUT2D eigenvalue weighted by molar-refractivity contribution is 1.29. The van der Waals surface area contributed by atoms with Gasteiger partial charge in [-0.2, -0.15) is 0 Å². The van der Waals surface area contributed by atoms with Crippen LogP contribution < -0.4 is 4.90 Å². The van der Waals surface area contributed by atoms with E-state index >= 15 is 0 Å². The number of benzene rings is 9. The molecule has 10 aromatic rings. The Morgan fingerprint density at radius 1 is 0.269 bits per heavy atom. The summed E-state index contributed by atoms with van der Waals surface area (Å²) in [5.74, 6) is 0. The van der Waals surface area contributed by atoms with E-state index in [4.69, 9.17) is 0 Å². The monoisotopic (exact) mass is 679 g/mol. The molecule has 244 valence electrons. The molecule has 0 saturated heterocycles. The maximum atomic E-state index is 2.39. The van der Waals surface area contributed by atoms with Crippen LogP contribution in [0.25, 0.3) is 75.1 Å². The maximum Gasteiger partial charge on any atom is 0.0476 e. The quantitative estimate of drug-likeness (QED) is 0.169. The highest BCUT2D eigenvalue weighted by Crippen LogP contribution is 2.42. The molecule has 0 aliphatic heterocycles. The highest BCUT2D eigenvalue weighted by atomic mass is 32.1. The third-order valence-electron chi connectivity index (χ3n) is 10.2. The normalized spacial score (nSPS) is 11.5. The van der Waals surface area contributed by atoms with Gasteiger partial charge in [0.15, 0.2) is 0 Å². The molecular weight excluding hydrogens is 647 g/mol. The zero-order valence-corrected chi connectivity index (χ0v) is 29.2. The molecule has 0 bridgehead atoms. The van der Waals surface area contributed by atoms with Crippen LogP contribution in [0.1, 0.15) is 0 Å². The summed E-state index contributed by atoms with van der Waals surface area (Å²) >= 11 is 1.86. The van der Waals surface area contributed by atoms with Crippen LogP contribution in [0.5, 0.6) is 0 Å². The molecule has 1 heterocycles. The second-order valence-electron chi connectivity index (χ2n) is 13.4. The molecule has 9 aromatic carbocycles. The van der Waals surface area contributed by atoms with E-state index in [1.807, 2.05) is 11.3 Å². The van der Waals surface area contributed by atoms with Crippen molar-refractivity contribution in [2.24, 2.45) is 0 Å². The first-order chi connectivity index (χ1) is 25.7. The van der Waals surface area contributed by atoms with Gasteiger partial charge in [-0.3, -0.25) is 0 Å². The largest absolute Gasteiger partial charge is 0.310 e. The van der Waals surface area contributed by atoms with Crippen LogP contribution in [0, 0.1) is 0 Å². The van der Waals surface area contributed by atoms with E-state index in [0.29, 0.717) is 0 Å². The average molecular weight is 680 g/mol.